The molecule has 1 heterocycles. The van der Waals surface area contributed by atoms with Crippen LogP contribution in [0.15, 0.2) is 12.4 Å². The first-order valence-electron chi connectivity index (χ1n) is 7.94. The molecule has 1 aromatic rings. The highest BCUT2D eigenvalue weighted by Gasteiger charge is 2.43. The first kappa shape index (κ1) is 16.1. The van der Waals surface area contributed by atoms with E-state index in [9.17, 15) is 9.90 Å². The molecular weight excluding hydrogens is 264 g/mol. The van der Waals surface area contributed by atoms with Crippen LogP contribution in [0.5, 0.6) is 0 Å². The highest BCUT2D eigenvalue weighted by Crippen LogP contribution is 2.47. The van der Waals surface area contributed by atoms with Crippen LogP contribution in [0.25, 0.3) is 0 Å². The average molecular weight is 292 g/mol. The Morgan fingerprint density at radius 3 is 2.48 bits per heavy atom. The topological polar surface area (TPSA) is 55.1 Å². The Balaban J connectivity index is 2.01. The molecule has 118 valence electrons. The Hall–Kier alpha value is -1.32. The van der Waals surface area contributed by atoms with Gasteiger partial charge in [-0.25, -0.2) is 0 Å². The van der Waals surface area contributed by atoms with Crippen molar-refractivity contribution >= 4 is 5.97 Å². The van der Waals surface area contributed by atoms with Crippen LogP contribution in [0.3, 0.4) is 0 Å². The Morgan fingerprint density at radius 1 is 1.43 bits per heavy atom. The minimum atomic E-state index is -0.612. The summed E-state index contributed by atoms with van der Waals surface area (Å²) < 4.78 is 1.78. The summed E-state index contributed by atoms with van der Waals surface area (Å²) in [6, 6.07) is 0. The predicted octanol–water partition coefficient (Wildman–Crippen LogP) is 3.66. The van der Waals surface area contributed by atoms with E-state index < -0.39 is 11.4 Å². The number of hydrogen-bond acceptors (Lipinski definition) is 2. The highest BCUT2D eigenvalue weighted by molar-refractivity contribution is 5.74. The SMILES string of the molecule is Cn1cc(CCC2(C(=O)O)CCC(C(C)(C)C)CC2)cn1. The van der Waals surface area contributed by atoms with Crippen molar-refractivity contribution < 1.29 is 9.90 Å². The molecule has 1 aliphatic carbocycles. The normalized spacial score (nSPS) is 26.8. The van der Waals surface area contributed by atoms with E-state index in [0.29, 0.717) is 5.92 Å². The van der Waals surface area contributed by atoms with Crippen LogP contribution in [0.2, 0.25) is 0 Å². The second-order valence-corrected chi connectivity index (χ2v) is 7.75. The molecule has 4 heteroatoms. The minimum absolute atomic E-state index is 0.286. The van der Waals surface area contributed by atoms with E-state index in [1.54, 1.807) is 4.68 Å². The minimum Gasteiger partial charge on any atom is -0.481 e. The molecule has 0 atom stereocenters. The van der Waals surface area contributed by atoms with Crippen molar-refractivity contribution in [3.05, 3.63) is 18.0 Å². The van der Waals surface area contributed by atoms with Gasteiger partial charge in [0.15, 0.2) is 0 Å². The monoisotopic (exact) mass is 292 g/mol. The molecule has 0 saturated heterocycles. The lowest BCUT2D eigenvalue weighted by Crippen LogP contribution is -2.38. The third-order valence-corrected chi connectivity index (χ3v) is 5.27. The van der Waals surface area contributed by atoms with Crippen LogP contribution in [0, 0.1) is 16.7 Å². The van der Waals surface area contributed by atoms with E-state index in [-0.39, 0.29) is 5.41 Å². The summed E-state index contributed by atoms with van der Waals surface area (Å²) >= 11 is 0. The number of aromatic nitrogens is 2. The van der Waals surface area contributed by atoms with E-state index >= 15 is 0 Å². The van der Waals surface area contributed by atoms with Gasteiger partial charge < -0.3 is 5.11 Å². The second kappa shape index (κ2) is 5.82. The van der Waals surface area contributed by atoms with Gasteiger partial charge >= 0.3 is 5.97 Å². The van der Waals surface area contributed by atoms with Gasteiger partial charge in [-0.05, 0) is 55.4 Å². The van der Waals surface area contributed by atoms with Crippen LogP contribution >= 0.6 is 0 Å². The predicted molar refractivity (Wildman–Crippen MR) is 83.0 cm³/mol. The molecule has 21 heavy (non-hydrogen) atoms. The molecule has 2 rings (SSSR count). The largest absolute Gasteiger partial charge is 0.481 e. The molecule has 0 radical (unpaired) electrons. The summed E-state index contributed by atoms with van der Waals surface area (Å²) in [5.74, 6) is 0.0297. The molecule has 1 aromatic heterocycles. The summed E-state index contributed by atoms with van der Waals surface area (Å²) in [4.78, 5) is 11.8. The summed E-state index contributed by atoms with van der Waals surface area (Å²) in [6.07, 6.45) is 9.04. The van der Waals surface area contributed by atoms with Crippen LogP contribution in [0.1, 0.15) is 58.4 Å². The lowest BCUT2D eigenvalue weighted by molar-refractivity contribution is -0.152. The van der Waals surface area contributed by atoms with Crippen LogP contribution in [-0.2, 0) is 18.3 Å². The molecule has 0 unspecified atom stereocenters. The fraction of sp³-hybridized carbons (Fsp3) is 0.765. The maximum absolute atomic E-state index is 11.8. The van der Waals surface area contributed by atoms with Gasteiger partial charge in [-0.2, -0.15) is 5.10 Å². The number of rotatable bonds is 4. The number of carboxylic acid groups (broad SMARTS) is 1. The van der Waals surface area contributed by atoms with Gasteiger partial charge in [-0.1, -0.05) is 20.8 Å². The fourth-order valence-electron chi connectivity index (χ4n) is 3.59. The van der Waals surface area contributed by atoms with Crippen LogP contribution in [0.4, 0.5) is 0 Å². The first-order valence-corrected chi connectivity index (χ1v) is 7.94. The van der Waals surface area contributed by atoms with Gasteiger partial charge in [0.05, 0.1) is 11.6 Å². The number of hydrogen-bond donors (Lipinski definition) is 1. The van der Waals surface area contributed by atoms with E-state index in [2.05, 4.69) is 25.9 Å². The lowest BCUT2D eigenvalue weighted by atomic mass is 9.62. The molecular formula is C17H28N2O2. The number of aryl methyl sites for hydroxylation is 2. The second-order valence-electron chi connectivity index (χ2n) is 7.75. The number of nitrogens with zero attached hydrogens (tertiary/aromatic N) is 2. The number of aliphatic carboxylic acids is 1. The van der Waals surface area contributed by atoms with Gasteiger partial charge in [0.1, 0.15) is 0 Å². The molecule has 4 nitrogen and oxygen atoms in total. The zero-order chi connectivity index (χ0) is 15.7. The van der Waals surface area contributed by atoms with Crippen molar-refractivity contribution in [1.29, 1.82) is 0 Å². The third kappa shape index (κ3) is 3.66. The zero-order valence-corrected chi connectivity index (χ0v) is 13.7. The fourth-order valence-corrected chi connectivity index (χ4v) is 3.59. The highest BCUT2D eigenvalue weighted by atomic mass is 16.4. The molecule has 0 spiro atoms. The van der Waals surface area contributed by atoms with Crippen LogP contribution in [-0.4, -0.2) is 20.9 Å². The van der Waals surface area contributed by atoms with Crippen molar-refractivity contribution in [3.63, 3.8) is 0 Å². The number of carboxylic acids is 1. The third-order valence-electron chi connectivity index (χ3n) is 5.27. The van der Waals surface area contributed by atoms with Crippen molar-refractivity contribution in [2.24, 2.45) is 23.8 Å². The smallest absolute Gasteiger partial charge is 0.309 e. The maximum atomic E-state index is 11.8. The molecule has 1 saturated carbocycles. The Bertz CT molecular complexity index is 491. The van der Waals surface area contributed by atoms with Crippen molar-refractivity contribution in [3.8, 4) is 0 Å². The van der Waals surface area contributed by atoms with E-state index in [4.69, 9.17) is 0 Å². The Labute approximate surface area is 127 Å². The van der Waals surface area contributed by atoms with E-state index in [1.807, 2.05) is 19.4 Å². The van der Waals surface area contributed by atoms with Crippen molar-refractivity contribution in [2.75, 3.05) is 0 Å². The standard InChI is InChI=1S/C17H28N2O2/c1-16(2,3)14-6-9-17(10-7-14,15(20)21)8-5-13-11-18-19(4)12-13/h11-12,14H,5-10H2,1-4H3,(H,20,21). The van der Waals surface area contributed by atoms with Crippen molar-refractivity contribution in [1.82, 2.24) is 9.78 Å². The molecule has 0 aromatic carbocycles. The van der Waals surface area contributed by atoms with Gasteiger partial charge in [-0.3, -0.25) is 9.48 Å². The Morgan fingerprint density at radius 2 is 2.05 bits per heavy atom. The van der Waals surface area contributed by atoms with E-state index in [1.165, 1.54) is 0 Å². The maximum Gasteiger partial charge on any atom is 0.309 e. The van der Waals surface area contributed by atoms with E-state index in [0.717, 1.165) is 44.1 Å². The van der Waals surface area contributed by atoms with Gasteiger partial charge in [0, 0.05) is 13.2 Å². The summed E-state index contributed by atoms with van der Waals surface area (Å²) in [5, 5.41) is 13.9. The van der Waals surface area contributed by atoms with Gasteiger partial charge in [0.25, 0.3) is 0 Å². The Kier molecular flexibility index (Phi) is 4.45. The van der Waals surface area contributed by atoms with Gasteiger partial charge in [0.2, 0.25) is 0 Å². The van der Waals surface area contributed by atoms with Crippen molar-refractivity contribution in [2.45, 2.75) is 59.3 Å². The quantitative estimate of drug-likeness (QED) is 0.921. The average Bonchev–Trinajstić information content (AvgIpc) is 2.81. The summed E-state index contributed by atoms with van der Waals surface area (Å²) in [6.45, 7) is 6.79. The molecule has 1 fully saturated rings. The molecule has 0 aliphatic heterocycles. The zero-order valence-electron chi connectivity index (χ0n) is 13.7. The number of carbonyl (C=O) groups is 1. The molecule has 0 bridgehead atoms. The molecule has 1 aliphatic rings. The summed E-state index contributed by atoms with van der Waals surface area (Å²) in [5.41, 5.74) is 0.891. The summed E-state index contributed by atoms with van der Waals surface area (Å²) in [7, 11) is 1.89. The van der Waals surface area contributed by atoms with Gasteiger partial charge in [-0.15, -0.1) is 0 Å². The van der Waals surface area contributed by atoms with Crippen LogP contribution < -0.4 is 0 Å². The lowest BCUT2D eigenvalue weighted by Gasteiger charge is -2.41. The molecule has 1 N–H and O–H groups in total. The first-order chi connectivity index (χ1) is 9.73. The molecule has 0 amide bonds.